The molecule has 11 heavy (non-hydrogen) atoms. The van der Waals surface area contributed by atoms with Gasteiger partial charge >= 0.3 is 0 Å². The first-order valence-corrected chi connectivity index (χ1v) is 4.64. The highest BCUT2D eigenvalue weighted by Crippen LogP contribution is 2.18. The Morgan fingerprint density at radius 1 is 1.64 bits per heavy atom. The van der Waals surface area contributed by atoms with Crippen molar-refractivity contribution in [3.05, 3.63) is 0 Å². The maximum Gasteiger partial charge on any atom is 0.0576 e. The van der Waals surface area contributed by atoms with Crippen LogP contribution in [0.25, 0.3) is 0 Å². The second-order valence-corrected chi connectivity index (χ2v) is 3.55. The summed E-state index contributed by atoms with van der Waals surface area (Å²) in [6.07, 6.45) is 5.49. The van der Waals surface area contributed by atoms with Gasteiger partial charge in [0.2, 0.25) is 0 Å². The Morgan fingerprint density at radius 2 is 2.45 bits per heavy atom. The largest absolute Gasteiger partial charge is 0.378 e. The first-order chi connectivity index (χ1) is 5.33. The van der Waals surface area contributed by atoms with E-state index in [1.807, 2.05) is 0 Å². The molecule has 1 fully saturated rings. The van der Waals surface area contributed by atoms with E-state index in [4.69, 9.17) is 10.5 Å². The van der Waals surface area contributed by atoms with Gasteiger partial charge in [-0.05, 0) is 38.1 Å². The maximum absolute atomic E-state index is 5.52. The van der Waals surface area contributed by atoms with E-state index >= 15 is 0 Å². The smallest absolute Gasteiger partial charge is 0.0576 e. The summed E-state index contributed by atoms with van der Waals surface area (Å²) < 4.78 is 5.51. The third-order valence-corrected chi connectivity index (χ3v) is 2.41. The molecular formula is C9H19NO. The van der Waals surface area contributed by atoms with E-state index in [0.717, 1.165) is 13.2 Å². The lowest BCUT2D eigenvalue weighted by molar-refractivity contribution is 0.0990. The first kappa shape index (κ1) is 9.01. The summed E-state index contributed by atoms with van der Waals surface area (Å²) in [5, 5.41) is 0. The van der Waals surface area contributed by atoms with Crippen molar-refractivity contribution in [1.82, 2.24) is 0 Å². The van der Waals surface area contributed by atoms with Crippen LogP contribution in [0.15, 0.2) is 0 Å². The van der Waals surface area contributed by atoms with Gasteiger partial charge in [-0.2, -0.15) is 0 Å². The zero-order valence-corrected chi connectivity index (χ0v) is 7.38. The van der Waals surface area contributed by atoms with Gasteiger partial charge in [0, 0.05) is 6.61 Å². The highest BCUT2D eigenvalue weighted by atomic mass is 16.5. The van der Waals surface area contributed by atoms with Crippen LogP contribution in [0, 0.1) is 5.92 Å². The quantitative estimate of drug-likeness (QED) is 0.672. The van der Waals surface area contributed by atoms with E-state index in [0.29, 0.717) is 12.0 Å². The normalized spacial score (nSPS) is 27.3. The van der Waals surface area contributed by atoms with Crippen molar-refractivity contribution in [3.63, 3.8) is 0 Å². The number of rotatable bonds is 4. The molecule has 0 saturated carbocycles. The lowest BCUT2D eigenvalue weighted by Crippen LogP contribution is -2.14. The molecule has 0 bridgehead atoms. The van der Waals surface area contributed by atoms with Crippen molar-refractivity contribution in [2.45, 2.75) is 38.7 Å². The topological polar surface area (TPSA) is 35.2 Å². The molecule has 66 valence electrons. The molecule has 2 nitrogen and oxygen atoms in total. The van der Waals surface area contributed by atoms with Crippen molar-refractivity contribution in [2.75, 3.05) is 13.2 Å². The van der Waals surface area contributed by atoms with E-state index < -0.39 is 0 Å². The van der Waals surface area contributed by atoms with Crippen molar-refractivity contribution in [1.29, 1.82) is 0 Å². The third kappa shape index (κ3) is 3.21. The Morgan fingerprint density at radius 3 is 3.00 bits per heavy atom. The van der Waals surface area contributed by atoms with E-state index in [1.54, 1.807) is 0 Å². The van der Waals surface area contributed by atoms with E-state index in [-0.39, 0.29) is 0 Å². The van der Waals surface area contributed by atoms with Gasteiger partial charge in [-0.25, -0.2) is 0 Å². The summed E-state index contributed by atoms with van der Waals surface area (Å²) in [5.74, 6) is 0.666. The summed E-state index contributed by atoms with van der Waals surface area (Å²) >= 11 is 0. The molecule has 0 amide bonds. The molecule has 1 saturated heterocycles. The SMILES string of the molecule is CC(CN)CCC1CCCO1. The molecule has 1 heterocycles. The highest BCUT2D eigenvalue weighted by Gasteiger charge is 2.15. The van der Waals surface area contributed by atoms with Crippen LogP contribution in [-0.2, 0) is 4.74 Å². The molecule has 1 aliphatic rings. The van der Waals surface area contributed by atoms with Gasteiger partial charge < -0.3 is 10.5 Å². The van der Waals surface area contributed by atoms with Gasteiger partial charge in [0.05, 0.1) is 6.10 Å². The summed E-state index contributed by atoms with van der Waals surface area (Å²) in [6.45, 7) is 3.99. The molecule has 0 spiro atoms. The zero-order chi connectivity index (χ0) is 8.10. The van der Waals surface area contributed by atoms with Gasteiger partial charge in [-0.15, -0.1) is 0 Å². The zero-order valence-electron chi connectivity index (χ0n) is 7.38. The average Bonchev–Trinajstić information content (AvgIpc) is 2.52. The standard InChI is InChI=1S/C9H19NO/c1-8(7-10)4-5-9-3-2-6-11-9/h8-9H,2-7,10H2,1H3. The van der Waals surface area contributed by atoms with Crippen LogP contribution in [0.5, 0.6) is 0 Å². The van der Waals surface area contributed by atoms with Crippen LogP contribution in [-0.4, -0.2) is 19.3 Å². The minimum atomic E-state index is 0.545. The third-order valence-electron chi connectivity index (χ3n) is 2.41. The Kier molecular flexibility index (Phi) is 3.87. The minimum absolute atomic E-state index is 0.545. The van der Waals surface area contributed by atoms with E-state index in [9.17, 15) is 0 Å². The molecule has 1 aliphatic heterocycles. The van der Waals surface area contributed by atoms with Crippen LogP contribution < -0.4 is 5.73 Å². The predicted octanol–water partition coefficient (Wildman–Crippen LogP) is 1.54. The van der Waals surface area contributed by atoms with Crippen molar-refractivity contribution < 1.29 is 4.74 Å². The molecule has 2 N–H and O–H groups in total. The molecule has 0 aliphatic carbocycles. The Balaban J connectivity index is 2.01. The molecule has 2 atom stereocenters. The molecule has 0 radical (unpaired) electrons. The van der Waals surface area contributed by atoms with Crippen LogP contribution in [0.2, 0.25) is 0 Å². The molecular weight excluding hydrogens is 138 g/mol. The number of hydrogen-bond acceptors (Lipinski definition) is 2. The van der Waals surface area contributed by atoms with Gasteiger partial charge in [0.15, 0.2) is 0 Å². The molecule has 2 heteroatoms. The summed E-state index contributed by atoms with van der Waals surface area (Å²) in [4.78, 5) is 0. The van der Waals surface area contributed by atoms with Gasteiger partial charge in [-0.1, -0.05) is 6.92 Å². The fourth-order valence-corrected chi connectivity index (χ4v) is 1.46. The second-order valence-electron chi connectivity index (χ2n) is 3.55. The monoisotopic (exact) mass is 157 g/mol. The summed E-state index contributed by atoms with van der Waals surface area (Å²) in [7, 11) is 0. The van der Waals surface area contributed by atoms with Gasteiger partial charge in [-0.3, -0.25) is 0 Å². The summed E-state index contributed by atoms with van der Waals surface area (Å²) in [5.41, 5.74) is 5.52. The van der Waals surface area contributed by atoms with Crippen molar-refractivity contribution >= 4 is 0 Å². The Bertz CT molecular complexity index is 99.7. The highest BCUT2D eigenvalue weighted by molar-refractivity contribution is 4.66. The lowest BCUT2D eigenvalue weighted by Gasteiger charge is -2.12. The average molecular weight is 157 g/mol. The second kappa shape index (κ2) is 4.73. The Labute approximate surface area is 69.1 Å². The minimum Gasteiger partial charge on any atom is -0.378 e. The molecule has 0 aromatic rings. The van der Waals surface area contributed by atoms with Crippen molar-refractivity contribution in [3.8, 4) is 0 Å². The predicted molar refractivity (Wildman–Crippen MR) is 46.4 cm³/mol. The molecule has 0 aromatic carbocycles. The number of nitrogens with two attached hydrogens (primary N) is 1. The van der Waals surface area contributed by atoms with Crippen LogP contribution in [0.3, 0.4) is 0 Å². The van der Waals surface area contributed by atoms with Gasteiger partial charge in [0.25, 0.3) is 0 Å². The first-order valence-electron chi connectivity index (χ1n) is 4.64. The Hall–Kier alpha value is -0.0800. The summed E-state index contributed by atoms with van der Waals surface area (Å²) in [6, 6.07) is 0. The molecule has 0 aromatic heterocycles. The van der Waals surface area contributed by atoms with Crippen LogP contribution in [0.4, 0.5) is 0 Å². The van der Waals surface area contributed by atoms with E-state index in [1.165, 1.54) is 25.7 Å². The number of hydrogen-bond donors (Lipinski definition) is 1. The fraction of sp³-hybridized carbons (Fsp3) is 1.00. The van der Waals surface area contributed by atoms with E-state index in [2.05, 4.69) is 6.92 Å². The van der Waals surface area contributed by atoms with Crippen molar-refractivity contribution in [2.24, 2.45) is 11.7 Å². The van der Waals surface area contributed by atoms with Gasteiger partial charge in [0.1, 0.15) is 0 Å². The molecule has 2 unspecified atom stereocenters. The van der Waals surface area contributed by atoms with Crippen LogP contribution in [0.1, 0.15) is 32.6 Å². The lowest BCUT2D eigenvalue weighted by atomic mass is 10.0. The van der Waals surface area contributed by atoms with Crippen LogP contribution >= 0.6 is 0 Å². The molecule has 1 rings (SSSR count). The number of ether oxygens (including phenoxy) is 1. The maximum atomic E-state index is 5.52. The fourth-order valence-electron chi connectivity index (χ4n) is 1.46.